The van der Waals surface area contributed by atoms with Gasteiger partial charge in [0.25, 0.3) is 0 Å². The van der Waals surface area contributed by atoms with Crippen LogP contribution in [-0.4, -0.2) is 22.9 Å². The van der Waals surface area contributed by atoms with E-state index in [1.165, 1.54) is 17.3 Å². The van der Waals surface area contributed by atoms with Gasteiger partial charge in [-0.15, -0.1) is 6.58 Å². The lowest BCUT2D eigenvalue weighted by atomic mass is 10.5. The summed E-state index contributed by atoms with van der Waals surface area (Å²) in [6.07, 6.45) is 7.88. The Bertz CT molecular complexity index is 260. The van der Waals surface area contributed by atoms with Gasteiger partial charge in [0.2, 0.25) is 0 Å². The molecule has 0 saturated carbocycles. The van der Waals surface area contributed by atoms with E-state index in [1.807, 2.05) is 0 Å². The number of aromatic nitrogens is 2. The second-order valence-corrected chi connectivity index (χ2v) is 2.05. The summed E-state index contributed by atoms with van der Waals surface area (Å²) in [5.74, 6) is 0.479. The summed E-state index contributed by atoms with van der Waals surface area (Å²) in [6.45, 7) is 3.90. The lowest BCUT2D eigenvalue weighted by Gasteiger charge is -2.10. The van der Waals surface area contributed by atoms with Crippen molar-refractivity contribution in [3.8, 4) is 0 Å². The Kier molecular flexibility index (Phi) is 2.95. The third-order valence-electron chi connectivity index (χ3n) is 1.25. The molecule has 12 heavy (non-hydrogen) atoms. The lowest BCUT2D eigenvalue weighted by Crippen LogP contribution is -2.21. The second-order valence-electron chi connectivity index (χ2n) is 2.05. The first kappa shape index (κ1) is 8.39. The highest BCUT2D eigenvalue weighted by molar-refractivity contribution is 5.73. The van der Waals surface area contributed by atoms with Gasteiger partial charge in [0, 0.05) is 18.9 Å². The molecule has 1 rings (SSSR count). The zero-order chi connectivity index (χ0) is 8.81. The fraction of sp³-hybridized carbons (Fsp3) is 0.125. The zero-order valence-electron chi connectivity index (χ0n) is 6.47. The number of rotatable bonds is 4. The monoisotopic (exact) mass is 162 g/mol. The van der Waals surface area contributed by atoms with Gasteiger partial charge in [0.1, 0.15) is 0 Å². The summed E-state index contributed by atoms with van der Waals surface area (Å²) in [5, 5.41) is 0. The van der Waals surface area contributed by atoms with Crippen molar-refractivity contribution in [3.05, 3.63) is 31.2 Å². The van der Waals surface area contributed by atoms with E-state index < -0.39 is 0 Å². The highest BCUT2D eigenvalue weighted by Crippen LogP contribution is 2.03. The van der Waals surface area contributed by atoms with Crippen molar-refractivity contribution < 1.29 is 4.79 Å². The maximum absolute atomic E-state index is 10.4. The van der Waals surface area contributed by atoms with Gasteiger partial charge in [-0.1, -0.05) is 6.08 Å². The molecule has 0 saturated heterocycles. The largest absolute Gasteiger partial charge is 0.318 e. The minimum Gasteiger partial charge on any atom is -0.283 e. The Hall–Kier alpha value is -1.71. The number of carbonyl (C=O) groups excluding carboxylic acids is 1. The molecule has 1 radical (unpaired) electrons. The zero-order valence-corrected chi connectivity index (χ0v) is 6.47. The van der Waals surface area contributed by atoms with E-state index in [-0.39, 0.29) is 0 Å². The van der Waals surface area contributed by atoms with Crippen molar-refractivity contribution in [1.82, 2.24) is 9.97 Å². The van der Waals surface area contributed by atoms with Gasteiger partial charge in [0.15, 0.2) is 5.82 Å². The van der Waals surface area contributed by atoms with E-state index in [0.29, 0.717) is 12.4 Å². The first-order valence-corrected chi connectivity index (χ1v) is 3.40. The third-order valence-corrected chi connectivity index (χ3v) is 1.25. The molecular formula is C8H8N3O. The quantitative estimate of drug-likeness (QED) is 0.479. The number of hydrogen-bond donors (Lipinski definition) is 0. The number of anilines is 1. The van der Waals surface area contributed by atoms with Crippen molar-refractivity contribution >= 4 is 12.2 Å². The molecule has 0 unspecified atom stereocenters. The molecule has 0 aliphatic carbocycles. The van der Waals surface area contributed by atoms with E-state index in [9.17, 15) is 4.79 Å². The van der Waals surface area contributed by atoms with Gasteiger partial charge >= 0.3 is 6.41 Å². The van der Waals surface area contributed by atoms with Gasteiger partial charge < -0.3 is 0 Å². The molecule has 4 heteroatoms. The predicted molar refractivity (Wildman–Crippen MR) is 45.3 cm³/mol. The topological polar surface area (TPSA) is 46.1 Å². The van der Waals surface area contributed by atoms with Crippen LogP contribution in [0.1, 0.15) is 0 Å². The van der Waals surface area contributed by atoms with Crippen molar-refractivity contribution in [1.29, 1.82) is 0 Å². The van der Waals surface area contributed by atoms with Crippen LogP contribution in [0.2, 0.25) is 0 Å². The smallest absolute Gasteiger partial charge is 0.283 e. The molecule has 0 N–H and O–H groups in total. The van der Waals surface area contributed by atoms with Crippen LogP contribution < -0.4 is 4.90 Å². The summed E-state index contributed by atoms with van der Waals surface area (Å²) in [6, 6.07) is 0. The van der Waals surface area contributed by atoms with Crippen LogP contribution in [0.15, 0.2) is 31.2 Å². The molecule has 1 heterocycles. The van der Waals surface area contributed by atoms with E-state index in [0.717, 1.165) is 0 Å². The Morgan fingerprint density at radius 3 is 3.00 bits per heavy atom. The van der Waals surface area contributed by atoms with Gasteiger partial charge in [0.05, 0.1) is 6.20 Å². The van der Waals surface area contributed by atoms with Crippen LogP contribution in [0, 0.1) is 0 Å². The molecule has 0 spiro atoms. The molecule has 0 atom stereocenters. The SMILES string of the molecule is C=CCN([C]=O)c1cnccn1. The molecule has 0 bridgehead atoms. The Morgan fingerprint density at radius 1 is 1.67 bits per heavy atom. The van der Waals surface area contributed by atoms with Gasteiger partial charge in [-0.3, -0.25) is 14.7 Å². The lowest BCUT2D eigenvalue weighted by molar-refractivity contribution is 0.552. The van der Waals surface area contributed by atoms with Crippen molar-refractivity contribution in [2.24, 2.45) is 0 Å². The number of hydrogen-bond acceptors (Lipinski definition) is 3. The first-order chi connectivity index (χ1) is 5.88. The molecule has 1 aromatic heterocycles. The van der Waals surface area contributed by atoms with E-state index in [2.05, 4.69) is 16.5 Å². The Balaban J connectivity index is 2.79. The highest BCUT2D eigenvalue weighted by Gasteiger charge is 2.03. The van der Waals surface area contributed by atoms with Crippen LogP contribution in [0.25, 0.3) is 0 Å². The summed E-state index contributed by atoms with van der Waals surface area (Å²) in [7, 11) is 0. The van der Waals surface area contributed by atoms with Crippen molar-refractivity contribution in [3.63, 3.8) is 0 Å². The third kappa shape index (κ3) is 1.88. The highest BCUT2D eigenvalue weighted by atomic mass is 16.1. The standard InChI is InChI=1S/C8H8N3O/c1-2-5-11(7-12)8-6-9-3-4-10-8/h2-4,6H,1,5H2. The molecule has 1 aromatic rings. The minimum atomic E-state index is 0.391. The fourth-order valence-corrected chi connectivity index (χ4v) is 0.737. The first-order valence-electron chi connectivity index (χ1n) is 3.40. The molecule has 0 aliphatic heterocycles. The molecule has 61 valence electrons. The summed E-state index contributed by atoms with van der Waals surface area (Å²) in [5.41, 5.74) is 0. The van der Waals surface area contributed by atoms with Crippen molar-refractivity contribution in [2.75, 3.05) is 11.4 Å². The average molecular weight is 162 g/mol. The fourth-order valence-electron chi connectivity index (χ4n) is 0.737. The molecule has 0 aliphatic rings. The van der Waals surface area contributed by atoms with Crippen LogP contribution in [0.5, 0.6) is 0 Å². The second kappa shape index (κ2) is 4.23. The van der Waals surface area contributed by atoms with Gasteiger partial charge in [-0.05, 0) is 0 Å². The Labute approximate surface area is 70.6 Å². The van der Waals surface area contributed by atoms with E-state index >= 15 is 0 Å². The number of nitrogens with zero attached hydrogens (tertiary/aromatic N) is 3. The molecule has 4 nitrogen and oxygen atoms in total. The molecule has 0 aromatic carbocycles. The maximum Gasteiger partial charge on any atom is 0.318 e. The molecule has 1 amide bonds. The van der Waals surface area contributed by atoms with Crippen LogP contribution in [0.4, 0.5) is 5.82 Å². The average Bonchev–Trinajstić information content (AvgIpc) is 2.15. The Morgan fingerprint density at radius 2 is 2.50 bits per heavy atom. The molecular weight excluding hydrogens is 154 g/mol. The van der Waals surface area contributed by atoms with Crippen LogP contribution in [-0.2, 0) is 4.79 Å². The number of amides is 1. The normalized spacial score (nSPS) is 9.00. The van der Waals surface area contributed by atoms with Crippen LogP contribution in [0.3, 0.4) is 0 Å². The van der Waals surface area contributed by atoms with Crippen LogP contribution >= 0.6 is 0 Å². The van der Waals surface area contributed by atoms with E-state index in [1.54, 1.807) is 18.7 Å². The van der Waals surface area contributed by atoms with Crippen molar-refractivity contribution in [2.45, 2.75) is 0 Å². The maximum atomic E-state index is 10.4. The minimum absolute atomic E-state index is 0.391. The summed E-state index contributed by atoms with van der Waals surface area (Å²) < 4.78 is 0. The molecule has 0 fully saturated rings. The summed E-state index contributed by atoms with van der Waals surface area (Å²) in [4.78, 5) is 19.4. The van der Waals surface area contributed by atoms with Gasteiger partial charge in [-0.25, -0.2) is 4.98 Å². The van der Waals surface area contributed by atoms with Gasteiger partial charge in [-0.2, -0.15) is 0 Å². The predicted octanol–water partition coefficient (Wildman–Crippen LogP) is 0.536. The summed E-state index contributed by atoms with van der Waals surface area (Å²) >= 11 is 0. The van der Waals surface area contributed by atoms with E-state index in [4.69, 9.17) is 0 Å².